The van der Waals surface area contributed by atoms with Crippen LogP contribution in [0.1, 0.15) is 44.5 Å². The molecule has 0 N–H and O–H groups in total. The molecule has 10 heteroatoms. The summed E-state index contributed by atoms with van der Waals surface area (Å²) in [5, 5.41) is 10.3. The van der Waals surface area contributed by atoms with Gasteiger partial charge < -0.3 is 4.42 Å². The monoisotopic (exact) mass is 1630 g/mol. The van der Waals surface area contributed by atoms with E-state index >= 15 is 0 Å². The first-order valence-electron chi connectivity index (χ1n) is 41.9. The van der Waals surface area contributed by atoms with Gasteiger partial charge in [0.2, 0.25) is 0 Å². The van der Waals surface area contributed by atoms with E-state index in [1.165, 1.54) is 102 Å². The maximum Gasteiger partial charge on any atom is 0.160 e. The minimum Gasteiger partial charge on any atom is -0.455 e. The Balaban J connectivity index is 0.000000133. The van der Waals surface area contributed by atoms with E-state index in [1.54, 1.807) is 11.3 Å². The predicted molar refractivity (Wildman–Crippen MR) is 511 cm³/mol. The summed E-state index contributed by atoms with van der Waals surface area (Å²) in [6.07, 6.45) is 0. The second-order valence-corrected chi connectivity index (χ2v) is 35.5. The average molecular weight is 1630 g/mol. The van der Waals surface area contributed by atoms with Crippen LogP contribution in [0, 0.1) is 0 Å². The van der Waals surface area contributed by atoms with Crippen molar-refractivity contribution in [2.45, 2.75) is 30.4 Å². The first kappa shape index (κ1) is 70.8. The molecular weight excluding hydrogens is 1570 g/mol. The van der Waals surface area contributed by atoms with Gasteiger partial charge in [-0.3, -0.25) is 0 Å². The molecule has 0 amide bonds. The predicted octanol–water partition coefficient (Wildman–Crippen LogP) is 29.9. The maximum absolute atomic E-state index is 6.54. The molecule has 2 aliphatic heterocycles. The lowest BCUT2D eigenvalue weighted by atomic mass is 9.67. The molecule has 0 saturated heterocycles. The molecule has 7 nitrogen and oxygen atoms in total. The fourth-order valence-corrected chi connectivity index (χ4v) is 24.5. The molecule has 2 aliphatic carbocycles. The number of furan rings is 1. The summed E-state index contributed by atoms with van der Waals surface area (Å²) in [4.78, 5) is 37.1. The van der Waals surface area contributed by atoms with Crippen LogP contribution in [0.2, 0.25) is 0 Å². The average Bonchev–Trinajstić information content (AvgIpc) is 1.42. The van der Waals surface area contributed by atoms with Crippen LogP contribution in [-0.4, -0.2) is 29.9 Å². The Morgan fingerprint density at radius 2 is 0.645 bits per heavy atom. The fraction of sp³-hybridized carbons (Fsp3) is 0.0175. The van der Waals surface area contributed by atoms with Gasteiger partial charge in [-0.15, -0.1) is 11.3 Å². The SMILES string of the molecule is c1ccc(-c2nc(-c3cccc(-c4nc5ccccc5c5c6c(ccc45)C4(c5ccccc5S6)c5ccccc5-c5ccccc54)c3)c3sc4ccccc4c3n2)cc1.c1ccc(-c2nc(-c3cccc(-c4nc5ccccc5c5c6c(ccc45)C4(c5ccccc5S6)c5ccccc5-c5ccccc54)c3)cc(-c3cccc4c3oc3ccccc34)n2)cc1. The zero-order chi connectivity index (χ0) is 81.3. The van der Waals surface area contributed by atoms with E-state index in [0.717, 1.165) is 143 Å². The summed E-state index contributed by atoms with van der Waals surface area (Å²) >= 11 is 5.55. The molecule has 2 spiro atoms. The van der Waals surface area contributed by atoms with Crippen molar-refractivity contribution in [1.82, 2.24) is 29.9 Å². The number of aromatic nitrogens is 6. The lowest BCUT2D eigenvalue weighted by molar-refractivity contribution is 0.670. The van der Waals surface area contributed by atoms with Crippen molar-refractivity contribution in [3.63, 3.8) is 0 Å². The van der Waals surface area contributed by atoms with Gasteiger partial charge in [-0.2, -0.15) is 0 Å². The number of hydrogen-bond donors (Lipinski definition) is 0. The Labute approximate surface area is 725 Å². The van der Waals surface area contributed by atoms with E-state index in [1.807, 2.05) is 72.1 Å². The topological polar surface area (TPSA) is 90.5 Å². The number of nitrogens with zero attached hydrogens (tertiary/aromatic N) is 6. The van der Waals surface area contributed by atoms with Crippen LogP contribution in [0.3, 0.4) is 0 Å². The fourth-order valence-electron chi connectivity index (χ4n) is 20.7. The summed E-state index contributed by atoms with van der Waals surface area (Å²) in [5.41, 5.74) is 30.9. The van der Waals surface area contributed by atoms with Crippen LogP contribution in [0.25, 0.3) is 187 Å². The van der Waals surface area contributed by atoms with Gasteiger partial charge in [0, 0.05) is 112 Å². The minimum absolute atomic E-state index is 0.456. The molecule has 6 aromatic heterocycles. The van der Waals surface area contributed by atoms with Crippen molar-refractivity contribution in [2.75, 3.05) is 0 Å². The number of hydrogen-bond acceptors (Lipinski definition) is 10. The van der Waals surface area contributed by atoms with Crippen LogP contribution in [-0.2, 0) is 10.8 Å². The van der Waals surface area contributed by atoms with E-state index in [2.05, 4.69) is 352 Å². The van der Waals surface area contributed by atoms with E-state index in [-0.39, 0.29) is 0 Å². The second kappa shape index (κ2) is 27.8. The highest BCUT2D eigenvalue weighted by molar-refractivity contribution is 8.00. The second-order valence-electron chi connectivity index (χ2n) is 32.4. The molecule has 0 saturated carbocycles. The molecule has 0 bridgehead atoms. The number of para-hydroxylation sites is 4. The molecule has 0 atom stereocenters. The minimum atomic E-state index is -0.475. The van der Waals surface area contributed by atoms with Crippen molar-refractivity contribution >= 4 is 120 Å². The molecule has 17 aromatic carbocycles. The Morgan fingerprint density at radius 1 is 0.242 bits per heavy atom. The van der Waals surface area contributed by atoms with Crippen LogP contribution < -0.4 is 0 Å². The van der Waals surface area contributed by atoms with Crippen LogP contribution in [0.4, 0.5) is 0 Å². The zero-order valence-electron chi connectivity index (χ0n) is 66.4. The largest absolute Gasteiger partial charge is 0.455 e. The first-order chi connectivity index (χ1) is 61.5. The molecule has 27 rings (SSSR count). The van der Waals surface area contributed by atoms with Gasteiger partial charge in [0.25, 0.3) is 0 Å². The van der Waals surface area contributed by atoms with Crippen LogP contribution in [0.15, 0.2) is 424 Å². The molecule has 0 radical (unpaired) electrons. The van der Waals surface area contributed by atoms with Crippen LogP contribution in [0.5, 0.6) is 0 Å². The lowest BCUT2D eigenvalue weighted by Crippen LogP contribution is -2.32. The molecule has 0 unspecified atom stereocenters. The smallest absolute Gasteiger partial charge is 0.160 e. The normalized spacial score (nSPS) is 13.4. The Hall–Kier alpha value is -15.0. The van der Waals surface area contributed by atoms with Gasteiger partial charge in [-0.05, 0) is 127 Å². The highest BCUT2D eigenvalue weighted by atomic mass is 32.2. The van der Waals surface area contributed by atoms with Gasteiger partial charge in [-0.25, -0.2) is 29.9 Å². The number of thiophene rings is 1. The third-order valence-corrected chi connectivity index (χ3v) is 29.5. The van der Waals surface area contributed by atoms with Gasteiger partial charge in [-0.1, -0.05) is 363 Å². The summed E-state index contributed by atoms with van der Waals surface area (Å²) in [7, 11) is 0. The van der Waals surface area contributed by atoms with Crippen molar-refractivity contribution in [1.29, 1.82) is 0 Å². The van der Waals surface area contributed by atoms with Crippen molar-refractivity contribution in [3.8, 4) is 101 Å². The molecule has 23 aromatic rings. The highest BCUT2D eigenvalue weighted by Gasteiger charge is 2.52. The summed E-state index contributed by atoms with van der Waals surface area (Å²) in [6, 6.07) is 144. The van der Waals surface area contributed by atoms with Gasteiger partial charge >= 0.3 is 0 Å². The number of fused-ring (bicyclic) bond motifs is 32. The number of pyridine rings is 2. The van der Waals surface area contributed by atoms with E-state index in [0.29, 0.717) is 5.82 Å². The molecular formula is C114H66N6OS3. The number of rotatable bonds is 7. The molecule has 0 fully saturated rings. The molecule has 576 valence electrons. The van der Waals surface area contributed by atoms with Gasteiger partial charge in [0.1, 0.15) is 11.2 Å². The van der Waals surface area contributed by atoms with Crippen molar-refractivity contribution < 1.29 is 4.42 Å². The van der Waals surface area contributed by atoms with Gasteiger partial charge in [0.15, 0.2) is 11.6 Å². The zero-order valence-corrected chi connectivity index (χ0v) is 68.9. The quantitative estimate of drug-likeness (QED) is 0.145. The van der Waals surface area contributed by atoms with Crippen molar-refractivity contribution in [3.05, 3.63) is 445 Å². The third kappa shape index (κ3) is 10.5. The third-order valence-electron chi connectivity index (χ3n) is 25.9. The maximum atomic E-state index is 6.54. The summed E-state index contributed by atoms with van der Waals surface area (Å²) in [5.74, 6) is 1.38. The Morgan fingerprint density at radius 3 is 1.20 bits per heavy atom. The van der Waals surface area contributed by atoms with E-state index < -0.39 is 10.8 Å². The molecule has 8 heterocycles. The Bertz CT molecular complexity index is 8400. The lowest BCUT2D eigenvalue weighted by Gasteiger charge is -2.40. The standard InChI is InChI=1S/C60H35N3OS.C54H31N3S2/c1-2-16-36(17-3-1)59-62-51(35-52(63-59)44-25-15-24-42-41-22-7-12-30-53(41)64-57(42)44)37-18-14-19-38(34-37)56-45-32-33-49-58(55(45)43-23-6-11-29-50(43)61-56)65-54-31-13-10-28-48(54)60(49)46-26-8-4-20-39(46)40-21-5-9-27-47(40)60;1-2-15-32(16-3-1)53-56-49(52-50(57-53)38-22-7-12-27-45(38)58-52)34-18-14-17-33(31-34)48-39-29-30-43-51(47(39)37-21-6-11-26-44(37)55-48)59-46-28-13-10-25-42(46)54(43)40-23-8-4-19-35(40)36-20-5-9-24-41(36)54/h1-35H;1-31H. The van der Waals surface area contributed by atoms with Gasteiger partial charge in [0.05, 0.1) is 60.5 Å². The molecule has 4 aliphatic rings. The van der Waals surface area contributed by atoms with Crippen LogP contribution >= 0.6 is 34.9 Å². The molecule has 124 heavy (non-hydrogen) atoms. The van der Waals surface area contributed by atoms with E-state index in [4.69, 9.17) is 34.3 Å². The van der Waals surface area contributed by atoms with E-state index in [9.17, 15) is 0 Å². The highest BCUT2D eigenvalue weighted by Crippen LogP contribution is 2.66. The first-order valence-corrected chi connectivity index (χ1v) is 44.4. The summed E-state index contributed by atoms with van der Waals surface area (Å²) < 4.78 is 8.83. The summed E-state index contributed by atoms with van der Waals surface area (Å²) in [6.45, 7) is 0. The Kier molecular flexibility index (Phi) is 15.8. The number of benzene rings is 17. The van der Waals surface area contributed by atoms with Crippen molar-refractivity contribution in [2.24, 2.45) is 0 Å².